The summed E-state index contributed by atoms with van der Waals surface area (Å²) < 4.78 is 0. The quantitative estimate of drug-likeness (QED) is 0.286. The average Bonchev–Trinajstić information content (AvgIpc) is 1.97. The Labute approximate surface area is 67.2 Å². The van der Waals surface area contributed by atoms with Crippen LogP contribution in [0.5, 0.6) is 0 Å². The third-order valence-electron chi connectivity index (χ3n) is 1.16. The largest absolute Gasteiger partial charge is 0.411 e. The normalized spacial score (nSPS) is 13.1. The highest BCUT2D eigenvalue weighted by Gasteiger charge is 1.90. The molecule has 11 heavy (non-hydrogen) atoms. The standard InChI is InChI=1S/C9H13NO/c1-4-5-6-9(7-10-11)8(2)3/h4-7,11H,2H2,1,3H3/b5-4-,9-6-,10-7+. The fourth-order valence-corrected chi connectivity index (χ4v) is 0.558. The first kappa shape index (κ1) is 9.69. The minimum absolute atomic E-state index is 0.825. The van der Waals surface area contributed by atoms with E-state index in [1.807, 2.05) is 32.1 Å². The van der Waals surface area contributed by atoms with Crippen LogP contribution in [0.3, 0.4) is 0 Å². The molecule has 0 aromatic rings. The molecule has 0 rings (SSSR count). The van der Waals surface area contributed by atoms with Crippen LogP contribution in [0.1, 0.15) is 13.8 Å². The van der Waals surface area contributed by atoms with Crippen LogP contribution in [0.15, 0.2) is 41.1 Å². The van der Waals surface area contributed by atoms with E-state index in [1.165, 1.54) is 6.21 Å². The molecule has 0 aromatic heterocycles. The van der Waals surface area contributed by atoms with Gasteiger partial charge in [-0.3, -0.25) is 0 Å². The van der Waals surface area contributed by atoms with Gasteiger partial charge in [-0.05, 0) is 25.0 Å². The summed E-state index contributed by atoms with van der Waals surface area (Å²) in [6.45, 7) is 7.50. The molecule has 0 aliphatic heterocycles. The van der Waals surface area contributed by atoms with Crippen LogP contribution in [0.2, 0.25) is 0 Å². The van der Waals surface area contributed by atoms with Crippen LogP contribution in [0, 0.1) is 0 Å². The molecule has 0 aromatic carbocycles. The molecule has 2 heteroatoms. The average molecular weight is 151 g/mol. The topological polar surface area (TPSA) is 32.6 Å². The fraction of sp³-hybridized carbons (Fsp3) is 0.222. The summed E-state index contributed by atoms with van der Waals surface area (Å²) in [5.74, 6) is 0. The van der Waals surface area contributed by atoms with E-state index < -0.39 is 0 Å². The van der Waals surface area contributed by atoms with Gasteiger partial charge in [0.15, 0.2) is 0 Å². The molecule has 0 bridgehead atoms. The number of nitrogens with zero attached hydrogens (tertiary/aromatic N) is 1. The van der Waals surface area contributed by atoms with Gasteiger partial charge >= 0.3 is 0 Å². The van der Waals surface area contributed by atoms with Gasteiger partial charge in [0, 0.05) is 0 Å². The molecule has 0 aliphatic carbocycles. The van der Waals surface area contributed by atoms with Crippen molar-refractivity contribution in [2.45, 2.75) is 13.8 Å². The van der Waals surface area contributed by atoms with Crippen molar-refractivity contribution in [3.05, 3.63) is 36.0 Å². The molecular weight excluding hydrogens is 138 g/mol. The lowest BCUT2D eigenvalue weighted by atomic mass is 10.1. The predicted octanol–water partition coefficient (Wildman–Crippen LogP) is 2.53. The summed E-state index contributed by atoms with van der Waals surface area (Å²) in [6.07, 6.45) is 6.96. The molecule has 0 atom stereocenters. The molecule has 0 unspecified atom stereocenters. The van der Waals surface area contributed by atoms with Crippen molar-refractivity contribution in [2.24, 2.45) is 5.16 Å². The van der Waals surface area contributed by atoms with E-state index in [9.17, 15) is 0 Å². The van der Waals surface area contributed by atoms with Crippen LogP contribution < -0.4 is 0 Å². The molecule has 0 spiro atoms. The van der Waals surface area contributed by atoms with Crippen molar-refractivity contribution < 1.29 is 5.21 Å². The third-order valence-corrected chi connectivity index (χ3v) is 1.16. The zero-order chi connectivity index (χ0) is 8.69. The molecule has 1 N–H and O–H groups in total. The van der Waals surface area contributed by atoms with Gasteiger partial charge in [0.2, 0.25) is 0 Å². The molecule has 0 saturated carbocycles. The highest BCUT2D eigenvalue weighted by atomic mass is 16.4. The van der Waals surface area contributed by atoms with Gasteiger partial charge in [0.05, 0.1) is 6.21 Å². The molecule has 60 valence electrons. The molecular formula is C9H13NO. The zero-order valence-corrected chi connectivity index (χ0v) is 6.91. The summed E-state index contributed by atoms with van der Waals surface area (Å²) in [6, 6.07) is 0. The first-order valence-electron chi connectivity index (χ1n) is 3.38. The van der Waals surface area contributed by atoms with E-state index in [0.717, 1.165) is 11.1 Å². The summed E-state index contributed by atoms with van der Waals surface area (Å²) >= 11 is 0. The third kappa shape index (κ3) is 4.14. The Bertz CT molecular complexity index is 212. The van der Waals surface area contributed by atoms with E-state index in [2.05, 4.69) is 11.7 Å². The summed E-state index contributed by atoms with van der Waals surface area (Å²) in [4.78, 5) is 0. The Morgan fingerprint density at radius 2 is 2.18 bits per heavy atom. The number of allylic oxidation sites excluding steroid dienone is 5. The van der Waals surface area contributed by atoms with Crippen LogP contribution >= 0.6 is 0 Å². The maximum absolute atomic E-state index is 8.25. The Morgan fingerprint density at radius 3 is 2.55 bits per heavy atom. The van der Waals surface area contributed by atoms with Crippen molar-refractivity contribution in [3.63, 3.8) is 0 Å². The lowest BCUT2D eigenvalue weighted by Crippen LogP contribution is -1.84. The lowest BCUT2D eigenvalue weighted by Gasteiger charge is -1.94. The monoisotopic (exact) mass is 151 g/mol. The van der Waals surface area contributed by atoms with Crippen LogP contribution in [0.4, 0.5) is 0 Å². The van der Waals surface area contributed by atoms with Crippen LogP contribution in [-0.2, 0) is 0 Å². The van der Waals surface area contributed by atoms with Crippen LogP contribution in [0.25, 0.3) is 0 Å². The summed E-state index contributed by atoms with van der Waals surface area (Å²) in [5, 5.41) is 11.2. The molecule has 0 aliphatic rings. The first-order valence-corrected chi connectivity index (χ1v) is 3.38. The van der Waals surface area contributed by atoms with E-state index in [-0.39, 0.29) is 0 Å². The van der Waals surface area contributed by atoms with Crippen molar-refractivity contribution >= 4 is 6.21 Å². The van der Waals surface area contributed by atoms with Crippen LogP contribution in [-0.4, -0.2) is 11.4 Å². The van der Waals surface area contributed by atoms with E-state index in [1.54, 1.807) is 0 Å². The van der Waals surface area contributed by atoms with Gasteiger partial charge in [-0.15, -0.1) is 0 Å². The van der Waals surface area contributed by atoms with Gasteiger partial charge in [0.1, 0.15) is 0 Å². The lowest BCUT2D eigenvalue weighted by molar-refractivity contribution is 0.322. The van der Waals surface area contributed by atoms with Gasteiger partial charge in [-0.1, -0.05) is 30.0 Å². The van der Waals surface area contributed by atoms with Crippen molar-refractivity contribution in [1.29, 1.82) is 0 Å². The van der Waals surface area contributed by atoms with E-state index in [0.29, 0.717) is 0 Å². The molecule has 0 radical (unpaired) electrons. The Kier molecular flexibility index (Phi) is 4.82. The molecule has 0 fully saturated rings. The summed E-state index contributed by atoms with van der Waals surface area (Å²) in [5.41, 5.74) is 1.70. The number of oxime groups is 1. The minimum Gasteiger partial charge on any atom is -0.411 e. The van der Waals surface area contributed by atoms with Gasteiger partial charge in [-0.2, -0.15) is 0 Å². The Balaban J connectivity index is 4.45. The Hall–Kier alpha value is -1.31. The molecule has 0 saturated heterocycles. The second-order valence-corrected chi connectivity index (χ2v) is 2.17. The molecule has 2 nitrogen and oxygen atoms in total. The zero-order valence-electron chi connectivity index (χ0n) is 6.91. The first-order chi connectivity index (χ1) is 5.22. The highest BCUT2D eigenvalue weighted by molar-refractivity contribution is 5.84. The van der Waals surface area contributed by atoms with Gasteiger partial charge in [-0.25, -0.2) is 0 Å². The molecule has 0 heterocycles. The molecule has 0 amide bonds. The number of hydrogen-bond donors (Lipinski definition) is 1. The SMILES string of the molecule is C=C(C)C(/C=N/O)=C\C=C/C. The second-order valence-electron chi connectivity index (χ2n) is 2.17. The van der Waals surface area contributed by atoms with E-state index in [4.69, 9.17) is 5.21 Å². The smallest absolute Gasteiger partial charge is 0.0736 e. The Morgan fingerprint density at radius 1 is 1.55 bits per heavy atom. The second kappa shape index (κ2) is 5.47. The highest BCUT2D eigenvalue weighted by Crippen LogP contribution is 2.03. The maximum atomic E-state index is 8.25. The van der Waals surface area contributed by atoms with E-state index >= 15 is 0 Å². The van der Waals surface area contributed by atoms with Gasteiger partial charge < -0.3 is 5.21 Å². The maximum Gasteiger partial charge on any atom is 0.0736 e. The fourth-order valence-electron chi connectivity index (χ4n) is 0.558. The van der Waals surface area contributed by atoms with Crippen molar-refractivity contribution in [3.8, 4) is 0 Å². The predicted molar refractivity (Wildman–Crippen MR) is 48.0 cm³/mol. The number of rotatable bonds is 3. The van der Waals surface area contributed by atoms with Crippen molar-refractivity contribution in [2.75, 3.05) is 0 Å². The minimum atomic E-state index is 0.825. The van der Waals surface area contributed by atoms with Gasteiger partial charge in [0.25, 0.3) is 0 Å². The number of hydrogen-bond acceptors (Lipinski definition) is 2. The van der Waals surface area contributed by atoms with Crippen molar-refractivity contribution in [1.82, 2.24) is 0 Å². The summed E-state index contributed by atoms with van der Waals surface area (Å²) in [7, 11) is 0.